The molecule has 0 radical (unpaired) electrons. The van der Waals surface area contributed by atoms with Gasteiger partial charge in [0.05, 0.1) is 35.9 Å². The summed E-state index contributed by atoms with van der Waals surface area (Å²) >= 11 is 5.95. The summed E-state index contributed by atoms with van der Waals surface area (Å²) in [6, 6.07) is 11.8. The largest absolute Gasteiger partial charge is 0.384 e. The number of hydrogen-bond acceptors (Lipinski definition) is 14. The minimum atomic E-state index is -0.0247. The number of rotatable bonds is 8. The first-order valence-electron chi connectivity index (χ1n) is 26.7. The molecule has 20 nitrogen and oxygen atoms in total. The summed E-state index contributed by atoms with van der Waals surface area (Å²) in [6.07, 6.45) is 22.5. The number of nitrogens with two attached hydrogens (primary N) is 1. The number of piperazine rings is 2. The standard InChI is InChI=1S/C27H34N8O2.C15H19ClN4O.C12H16N4O.CH4/c1-32(2)25(36)22-15-18-16-29-27(31-24(18)35(22)19-7-4-3-5-8-19)30-23-11-10-20(17-28-23)34-14-13-33-12-6-9-21(33)26(34)37;1-19(2)14(21)12-8-10-9-17-15(16)18-13(10)20(12)11-6-4-3-5-7-11;13-11-4-3-9(8-14-11)16-7-6-15-5-1-2-10(15)12(16)17;/h10-11,15-17,19,21H,3-9,12-14H2,1-2H3,(H,28,29,30,31);8-9,11H,3-7H2,1-2H3;3-4,8,10H,1-2,5-7H2,(H2,13,14);1H4. The van der Waals surface area contributed by atoms with Gasteiger partial charge in [-0.25, -0.2) is 19.9 Å². The van der Waals surface area contributed by atoms with E-state index in [1.807, 2.05) is 40.1 Å². The highest BCUT2D eigenvalue weighted by atomic mass is 35.5. The Morgan fingerprint density at radius 1 is 0.579 bits per heavy atom. The summed E-state index contributed by atoms with van der Waals surface area (Å²) < 4.78 is 4.19. The van der Waals surface area contributed by atoms with E-state index in [-0.39, 0.29) is 54.5 Å². The first-order chi connectivity index (χ1) is 36.3. The van der Waals surface area contributed by atoms with Crippen LogP contribution in [0, 0.1) is 0 Å². The van der Waals surface area contributed by atoms with Crippen molar-refractivity contribution in [2.24, 2.45) is 0 Å². The van der Waals surface area contributed by atoms with Gasteiger partial charge in [0.25, 0.3) is 11.8 Å². The molecular weight excluding hydrogens is 984 g/mol. The summed E-state index contributed by atoms with van der Waals surface area (Å²) in [4.78, 5) is 88.5. The fourth-order valence-corrected chi connectivity index (χ4v) is 12.0. The second-order valence-electron chi connectivity index (χ2n) is 21.0. The summed E-state index contributed by atoms with van der Waals surface area (Å²) in [7, 11) is 7.09. The third kappa shape index (κ3) is 11.3. The van der Waals surface area contributed by atoms with Crippen LogP contribution in [0.2, 0.25) is 5.28 Å². The number of carbonyl (C=O) groups is 4. The fourth-order valence-electron chi connectivity index (χ4n) is 11.8. The Hall–Kier alpha value is -6.77. The molecule has 4 aliphatic heterocycles. The predicted octanol–water partition coefficient (Wildman–Crippen LogP) is 7.99. The van der Waals surface area contributed by atoms with Gasteiger partial charge in [0.15, 0.2) is 0 Å². The van der Waals surface area contributed by atoms with E-state index in [0.29, 0.717) is 41.6 Å². The highest BCUT2D eigenvalue weighted by Crippen LogP contribution is 2.36. The lowest BCUT2D eigenvalue weighted by molar-refractivity contribution is -0.125. The molecule has 4 saturated heterocycles. The third-order valence-corrected chi connectivity index (χ3v) is 15.9. The Balaban J connectivity index is 0.000000153. The Morgan fingerprint density at radius 2 is 1.07 bits per heavy atom. The molecule has 404 valence electrons. The number of nitrogen functional groups attached to an aromatic ring is 1. The normalized spacial score (nSPS) is 20.3. The monoisotopic (exact) mass is 1060 g/mol. The van der Waals surface area contributed by atoms with E-state index in [1.165, 1.54) is 25.7 Å². The van der Waals surface area contributed by atoms with Crippen LogP contribution in [-0.4, -0.2) is 162 Å². The number of aromatic nitrogens is 8. The third-order valence-electron chi connectivity index (χ3n) is 15.7. The van der Waals surface area contributed by atoms with Crippen LogP contribution in [0.4, 0.5) is 29.0 Å². The number of fused-ring (bicyclic) bond motifs is 4. The van der Waals surface area contributed by atoms with Crippen molar-refractivity contribution in [1.29, 1.82) is 0 Å². The average molecular weight is 1060 g/mol. The van der Waals surface area contributed by atoms with E-state index >= 15 is 0 Å². The number of hydrogen-bond donors (Lipinski definition) is 2. The highest BCUT2D eigenvalue weighted by molar-refractivity contribution is 6.28. The maximum atomic E-state index is 13.0. The van der Waals surface area contributed by atoms with Gasteiger partial charge in [-0.05, 0) is 112 Å². The summed E-state index contributed by atoms with van der Waals surface area (Å²) in [5, 5.41) is 5.16. The lowest BCUT2D eigenvalue weighted by atomic mass is 9.95. The Morgan fingerprint density at radius 3 is 1.54 bits per heavy atom. The molecule has 4 amide bonds. The zero-order chi connectivity index (χ0) is 52.3. The van der Waals surface area contributed by atoms with Crippen molar-refractivity contribution >= 4 is 86.3 Å². The van der Waals surface area contributed by atoms with Crippen molar-refractivity contribution in [2.45, 2.75) is 121 Å². The van der Waals surface area contributed by atoms with Crippen molar-refractivity contribution in [3.05, 3.63) is 77.9 Å². The summed E-state index contributed by atoms with van der Waals surface area (Å²) in [5.41, 5.74) is 10.1. The van der Waals surface area contributed by atoms with Crippen LogP contribution in [0.15, 0.2) is 61.2 Å². The number of pyridine rings is 2. The van der Waals surface area contributed by atoms with Gasteiger partial charge in [-0.3, -0.25) is 29.0 Å². The fraction of sp³-hybridized carbons (Fsp3) is 0.527. The highest BCUT2D eigenvalue weighted by Gasteiger charge is 2.39. The van der Waals surface area contributed by atoms with E-state index in [0.717, 1.165) is 130 Å². The zero-order valence-corrected chi connectivity index (χ0v) is 44.3. The van der Waals surface area contributed by atoms with Gasteiger partial charge >= 0.3 is 0 Å². The average Bonchev–Trinajstić information content (AvgIpc) is 4.26. The van der Waals surface area contributed by atoms with Crippen LogP contribution in [0.5, 0.6) is 0 Å². The second-order valence-corrected chi connectivity index (χ2v) is 21.3. The van der Waals surface area contributed by atoms with Crippen molar-refractivity contribution in [1.82, 2.24) is 58.6 Å². The number of amides is 4. The molecule has 2 unspecified atom stereocenters. The lowest BCUT2D eigenvalue weighted by Crippen LogP contribution is -2.54. The minimum absolute atomic E-state index is 0. The second kappa shape index (κ2) is 23.6. The molecule has 6 aliphatic rings. The molecule has 12 rings (SSSR count). The molecule has 6 aromatic rings. The van der Waals surface area contributed by atoms with Gasteiger partial charge in [0.2, 0.25) is 23.0 Å². The lowest BCUT2D eigenvalue weighted by Gasteiger charge is -2.36. The van der Waals surface area contributed by atoms with E-state index in [4.69, 9.17) is 22.3 Å². The number of anilines is 5. The minimum Gasteiger partial charge on any atom is -0.384 e. The Labute approximate surface area is 450 Å². The molecule has 76 heavy (non-hydrogen) atoms. The van der Waals surface area contributed by atoms with Crippen LogP contribution in [0.3, 0.4) is 0 Å². The van der Waals surface area contributed by atoms with Gasteiger partial charge in [-0.2, -0.15) is 9.97 Å². The molecule has 2 atom stereocenters. The van der Waals surface area contributed by atoms with Crippen LogP contribution in [-0.2, 0) is 9.59 Å². The quantitative estimate of drug-likeness (QED) is 0.138. The van der Waals surface area contributed by atoms with Crippen LogP contribution < -0.4 is 20.9 Å². The zero-order valence-electron chi connectivity index (χ0n) is 43.6. The molecule has 21 heteroatoms. The number of nitrogens with one attached hydrogen (secondary N) is 1. The smallest absolute Gasteiger partial charge is 0.270 e. The molecule has 0 spiro atoms. The van der Waals surface area contributed by atoms with Crippen molar-refractivity contribution in [3.63, 3.8) is 0 Å². The van der Waals surface area contributed by atoms with Gasteiger partial charge < -0.3 is 39.8 Å². The maximum Gasteiger partial charge on any atom is 0.270 e. The van der Waals surface area contributed by atoms with Gasteiger partial charge in [-0.15, -0.1) is 0 Å². The summed E-state index contributed by atoms with van der Waals surface area (Å²) in [5.74, 6) is 1.88. The molecule has 6 aromatic heterocycles. The molecule has 6 fully saturated rings. The SMILES string of the molecule is C.CN(C)C(=O)c1cc2cnc(Cl)nc2n1C1CCCCC1.CN(C)C(=O)c1cc2cnc(Nc3ccc(N4CCN5CCCC5C4=O)cn3)nc2n1C1CCCCC1.Nc1ccc(N2CCN3CCCC3C2=O)cn1. The Bertz CT molecular complexity index is 3020. The van der Waals surface area contributed by atoms with Crippen molar-refractivity contribution < 1.29 is 19.2 Å². The maximum absolute atomic E-state index is 13.0. The van der Waals surface area contributed by atoms with Crippen molar-refractivity contribution in [3.8, 4) is 0 Å². The Kier molecular flexibility index (Phi) is 16.8. The number of nitrogens with zero attached hydrogens (tertiary/aromatic N) is 14. The van der Waals surface area contributed by atoms with Crippen LogP contribution >= 0.6 is 11.6 Å². The molecular formula is C55H73ClN16O4. The molecule has 2 saturated carbocycles. The number of carbonyl (C=O) groups excluding carboxylic acids is 4. The predicted molar refractivity (Wildman–Crippen MR) is 297 cm³/mol. The molecule has 0 aromatic carbocycles. The van der Waals surface area contributed by atoms with E-state index in [9.17, 15) is 19.2 Å². The first kappa shape index (κ1) is 54.0. The van der Waals surface area contributed by atoms with E-state index in [1.54, 1.807) is 68.8 Å². The van der Waals surface area contributed by atoms with Gasteiger partial charge in [-0.1, -0.05) is 46.0 Å². The first-order valence-corrected chi connectivity index (χ1v) is 27.1. The van der Waals surface area contributed by atoms with Crippen LogP contribution in [0.1, 0.15) is 130 Å². The molecule has 3 N–H and O–H groups in total. The van der Waals surface area contributed by atoms with Gasteiger partial charge in [0, 0.05) is 89.6 Å². The molecule has 0 bridgehead atoms. The topological polar surface area (TPSA) is 213 Å². The van der Waals surface area contributed by atoms with Crippen molar-refractivity contribution in [2.75, 3.05) is 88.3 Å². The van der Waals surface area contributed by atoms with Gasteiger partial charge in [0.1, 0.15) is 34.3 Å². The van der Waals surface area contributed by atoms with E-state index in [2.05, 4.69) is 49.2 Å². The summed E-state index contributed by atoms with van der Waals surface area (Å²) in [6.45, 7) is 5.38. The van der Waals surface area contributed by atoms with E-state index < -0.39 is 0 Å². The van der Waals surface area contributed by atoms with Crippen LogP contribution in [0.25, 0.3) is 22.1 Å². The molecule has 2 aliphatic carbocycles. The molecule has 10 heterocycles. The number of halogens is 1.